The Morgan fingerprint density at radius 2 is 1.98 bits per heavy atom. The van der Waals surface area contributed by atoms with Crippen LogP contribution in [0.1, 0.15) is 24.5 Å². The Morgan fingerprint density at radius 3 is 2.61 bits per heavy atom. The quantitative estimate of drug-likeness (QED) is 0.274. The SMILES string of the molecule is COc1cc(/C(=C/NC2CCc3ccccc3N(CC(F)(F)F)C2=O)N(C)N)ccc1-c1ccc(NC(C)=O)nc1. The largest absolute Gasteiger partial charge is 0.496 e. The third-order valence-corrected chi connectivity index (χ3v) is 6.56. The number of hydrazine groups is 1. The van der Waals surface area contributed by atoms with Crippen molar-refractivity contribution in [2.75, 3.05) is 30.9 Å². The number of ether oxygens (including phenoxy) is 1. The zero-order valence-corrected chi connectivity index (χ0v) is 22.8. The molecule has 2 heterocycles. The summed E-state index contributed by atoms with van der Waals surface area (Å²) in [7, 11) is 3.13. The number of nitrogens with zero attached hydrogens (tertiary/aromatic N) is 3. The van der Waals surface area contributed by atoms with Gasteiger partial charge in [-0.15, -0.1) is 0 Å². The maximum atomic E-state index is 13.4. The number of hydrogen-bond donors (Lipinski definition) is 3. The molecule has 216 valence electrons. The molecule has 4 rings (SSSR count). The minimum absolute atomic E-state index is 0.228. The Morgan fingerprint density at radius 1 is 1.22 bits per heavy atom. The molecule has 9 nitrogen and oxygen atoms in total. The topological polar surface area (TPSA) is 113 Å². The Bertz CT molecular complexity index is 1440. The van der Waals surface area contributed by atoms with Crippen molar-refractivity contribution >= 4 is 29.0 Å². The summed E-state index contributed by atoms with van der Waals surface area (Å²) < 4.78 is 45.9. The van der Waals surface area contributed by atoms with E-state index in [0.717, 1.165) is 16.0 Å². The van der Waals surface area contributed by atoms with Crippen LogP contribution in [0.3, 0.4) is 0 Å². The van der Waals surface area contributed by atoms with Crippen molar-refractivity contribution in [2.24, 2.45) is 5.84 Å². The number of aromatic nitrogens is 1. The maximum absolute atomic E-state index is 13.4. The average molecular weight is 569 g/mol. The highest BCUT2D eigenvalue weighted by molar-refractivity contribution is 5.99. The molecular weight excluding hydrogens is 537 g/mol. The number of nitrogens with one attached hydrogen (secondary N) is 2. The fourth-order valence-electron chi connectivity index (χ4n) is 4.68. The maximum Gasteiger partial charge on any atom is 0.406 e. The number of fused-ring (bicyclic) bond motifs is 1. The minimum atomic E-state index is -4.56. The van der Waals surface area contributed by atoms with Crippen LogP contribution in [0.4, 0.5) is 24.7 Å². The van der Waals surface area contributed by atoms with Gasteiger partial charge in [0.05, 0.1) is 12.8 Å². The number of amides is 2. The van der Waals surface area contributed by atoms with E-state index in [1.54, 1.807) is 55.7 Å². The fourth-order valence-corrected chi connectivity index (χ4v) is 4.68. The molecule has 0 spiro atoms. The number of aryl methyl sites for hydroxylation is 1. The highest BCUT2D eigenvalue weighted by Gasteiger charge is 2.38. The van der Waals surface area contributed by atoms with Crippen molar-refractivity contribution in [3.05, 3.63) is 78.1 Å². The van der Waals surface area contributed by atoms with Gasteiger partial charge in [0.25, 0.3) is 0 Å². The molecule has 1 aromatic heterocycles. The first-order valence-electron chi connectivity index (χ1n) is 12.8. The van der Waals surface area contributed by atoms with Gasteiger partial charge in [-0.1, -0.05) is 24.3 Å². The summed E-state index contributed by atoms with van der Waals surface area (Å²) in [5.74, 6) is 6.15. The molecule has 0 saturated heterocycles. The fraction of sp³-hybridized carbons (Fsp3) is 0.276. The second-order valence-corrected chi connectivity index (χ2v) is 9.60. The minimum Gasteiger partial charge on any atom is -0.496 e. The van der Waals surface area contributed by atoms with Gasteiger partial charge in [-0.25, -0.2) is 10.8 Å². The van der Waals surface area contributed by atoms with E-state index in [1.165, 1.54) is 31.3 Å². The zero-order valence-electron chi connectivity index (χ0n) is 22.8. The number of rotatable bonds is 8. The van der Waals surface area contributed by atoms with Crippen LogP contribution in [0.2, 0.25) is 0 Å². The monoisotopic (exact) mass is 568 g/mol. The number of alkyl halides is 3. The van der Waals surface area contributed by atoms with Crippen LogP contribution >= 0.6 is 0 Å². The number of carbonyl (C=O) groups excluding carboxylic acids is 2. The lowest BCUT2D eigenvalue weighted by atomic mass is 10.0. The molecule has 2 amide bonds. The predicted octanol–water partition coefficient (Wildman–Crippen LogP) is 4.32. The van der Waals surface area contributed by atoms with Crippen LogP contribution in [0.5, 0.6) is 5.75 Å². The van der Waals surface area contributed by atoms with Crippen LogP contribution < -0.4 is 26.1 Å². The molecule has 0 aliphatic carbocycles. The van der Waals surface area contributed by atoms with E-state index in [-0.39, 0.29) is 11.6 Å². The van der Waals surface area contributed by atoms with E-state index < -0.39 is 24.7 Å². The Kier molecular flexibility index (Phi) is 8.82. The van der Waals surface area contributed by atoms with E-state index in [9.17, 15) is 22.8 Å². The van der Waals surface area contributed by atoms with Crippen LogP contribution in [0.25, 0.3) is 16.8 Å². The normalized spacial score (nSPS) is 15.6. The third-order valence-electron chi connectivity index (χ3n) is 6.56. The second-order valence-electron chi connectivity index (χ2n) is 9.60. The lowest BCUT2D eigenvalue weighted by molar-refractivity contribution is -0.133. The highest BCUT2D eigenvalue weighted by Crippen LogP contribution is 2.34. The smallest absolute Gasteiger partial charge is 0.406 e. The summed E-state index contributed by atoms with van der Waals surface area (Å²) in [6.45, 7) is 0.0166. The molecule has 0 bridgehead atoms. The van der Waals surface area contributed by atoms with Gasteiger partial charge in [-0.05, 0) is 48.7 Å². The van der Waals surface area contributed by atoms with Gasteiger partial charge in [-0.3, -0.25) is 9.59 Å². The molecule has 0 fully saturated rings. The van der Waals surface area contributed by atoms with E-state index in [1.807, 2.05) is 6.07 Å². The Labute approximate surface area is 235 Å². The number of para-hydroxylation sites is 1. The summed E-state index contributed by atoms with van der Waals surface area (Å²) >= 11 is 0. The number of hydrogen-bond acceptors (Lipinski definition) is 7. The predicted molar refractivity (Wildman–Crippen MR) is 151 cm³/mol. The van der Waals surface area contributed by atoms with Gasteiger partial charge in [0.2, 0.25) is 11.8 Å². The standard InChI is InChI=1S/C29H31F3N6O3/c1-18(39)36-27-13-10-21(15-35-27)22-11-8-20(14-26(22)41-3)25(37(2)33)16-34-23-12-9-19-6-4-5-7-24(19)38(28(23)40)17-29(30,31)32/h4-8,10-11,13-16,23,34H,9,12,17,33H2,1-3H3,(H,35,36,39)/b25-16-. The van der Waals surface area contributed by atoms with E-state index in [0.29, 0.717) is 41.2 Å². The molecule has 1 atom stereocenters. The van der Waals surface area contributed by atoms with Crippen LogP contribution in [-0.4, -0.2) is 54.7 Å². The lowest BCUT2D eigenvalue weighted by Crippen LogP contribution is -2.48. The van der Waals surface area contributed by atoms with Gasteiger partial charge in [0.1, 0.15) is 24.2 Å². The van der Waals surface area contributed by atoms with Crippen molar-refractivity contribution in [1.29, 1.82) is 0 Å². The molecule has 0 saturated carbocycles. The molecule has 12 heteroatoms. The third kappa shape index (κ3) is 7.14. The summed E-state index contributed by atoms with van der Waals surface area (Å²) in [6, 6.07) is 14.6. The summed E-state index contributed by atoms with van der Waals surface area (Å²) in [5, 5.41) is 6.98. The summed E-state index contributed by atoms with van der Waals surface area (Å²) in [6.07, 6.45) is -0.700. The lowest BCUT2D eigenvalue weighted by Gasteiger charge is -2.27. The zero-order chi connectivity index (χ0) is 29.7. The summed E-state index contributed by atoms with van der Waals surface area (Å²) in [5.41, 5.74) is 3.55. The molecular formula is C29H31F3N6O3. The van der Waals surface area contributed by atoms with Crippen molar-refractivity contribution in [3.8, 4) is 16.9 Å². The van der Waals surface area contributed by atoms with Gasteiger partial charge >= 0.3 is 6.18 Å². The molecule has 1 aliphatic rings. The number of nitrogens with two attached hydrogens (primary N) is 1. The van der Waals surface area contributed by atoms with Crippen molar-refractivity contribution in [1.82, 2.24) is 15.3 Å². The first-order valence-corrected chi connectivity index (χ1v) is 12.8. The number of benzene rings is 2. The molecule has 3 aromatic rings. The Hall–Kier alpha value is -4.58. The highest BCUT2D eigenvalue weighted by atomic mass is 19.4. The number of pyridine rings is 1. The van der Waals surface area contributed by atoms with Crippen LogP contribution in [-0.2, 0) is 16.0 Å². The van der Waals surface area contributed by atoms with Gasteiger partial charge in [0.15, 0.2) is 0 Å². The molecule has 41 heavy (non-hydrogen) atoms. The van der Waals surface area contributed by atoms with Gasteiger partial charge in [-0.2, -0.15) is 13.2 Å². The van der Waals surface area contributed by atoms with Gasteiger partial charge in [0, 0.05) is 48.7 Å². The van der Waals surface area contributed by atoms with Crippen LogP contribution in [0, 0.1) is 0 Å². The first kappa shape index (κ1) is 29.4. The average Bonchev–Trinajstić information content (AvgIpc) is 3.04. The number of methoxy groups -OCH3 is 1. The first-order chi connectivity index (χ1) is 19.5. The van der Waals surface area contributed by atoms with E-state index >= 15 is 0 Å². The number of carbonyl (C=O) groups is 2. The van der Waals surface area contributed by atoms with Crippen molar-refractivity contribution in [3.63, 3.8) is 0 Å². The van der Waals surface area contributed by atoms with Crippen LogP contribution in [0.15, 0.2) is 67.0 Å². The molecule has 1 unspecified atom stereocenters. The van der Waals surface area contributed by atoms with Crippen molar-refractivity contribution < 1.29 is 27.5 Å². The number of halogens is 3. The second kappa shape index (κ2) is 12.3. The Balaban J connectivity index is 1.61. The summed E-state index contributed by atoms with van der Waals surface area (Å²) in [4.78, 5) is 29.7. The van der Waals surface area contributed by atoms with Crippen molar-refractivity contribution in [2.45, 2.75) is 32.0 Å². The van der Waals surface area contributed by atoms with Gasteiger partial charge < -0.3 is 25.3 Å². The molecule has 0 radical (unpaired) electrons. The molecule has 2 aromatic carbocycles. The molecule has 1 aliphatic heterocycles. The van der Waals surface area contributed by atoms with E-state index in [2.05, 4.69) is 15.6 Å². The number of anilines is 2. The molecule has 4 N–H and O–H groups in total. The van der Waals surface area contributed by atoms with E-state index in [4.69, 9.17) is 10.6 Å².